The monoisotopic (exact) mass is 228 g/mol. The molecule has 9 heteroatoms. The van der Waals surface area contributed by atoms with Gasteiger partial charge >= 0.3 is 11.9 Å². The van der Waals surface area contributed by atoms with Crippen LogP contribution in [0.4, 0.5) is 0 Å². The van der Waals surface area contributed by atoms with Gasteiger partial charge in [-0.15, -0.1) is 0 Å². The van der Waals surface area contributed by atoms with Crippen molar-refractivity contribution < 1.29 is 37.9 Å². The topological polar surface area (TPSA) is 149 Å². The Balaban J connectivity index is 4.71. The summed E-state index contributed by atoms with van der Waals surface area (Å²) in [6.07, 6.45) is -2.19. The second-order valence-electron chi connectivity index (χ2n) is 2.47. The molecule has 0 bridgehead atoms. The lowest BCUT2D eigenvalue weighted by atomic mass is 10.1. The average Bonchev–Trinajstić information content (AvgIpc) is 1.78. The van der Waals surface area contributed by atoms with Crippen LogP contribution in [0.2, 0.25) is 0 Å². The van der Waals surface area contributed by atoms with Crippen molar-refractivity contribution in [2.45, 2.75) is 6.10 Å². The van der Waals surface area contributed by atoms with E-state index in [0.29, 0.717) is 0 Å². The maximum atomic E-state index is 10.3. The van der Waals surface area contributed by atoms with Crippen molar-refractivity contribution in [1.29, 1.82) is 0 Å². The normalized spacial score (nSPS) is 13.9. The van der Waals surface area contributed by atoms with Crippen LogP contribution in [0, 0.1) is 5.92 Å². The number of aliphatic hydroxyl groups is 1. The molecule has 1 atom stereocenters. The van der Waals surface area contributed by atoms with Gasteiger partial charge in [-0.3, -0.25) is 14.1 Å². The van der Waals surface area contributed by atoms with E-state index in [9.17, 15) is 18.0 Å². The first kappa shape index (κ1) is 12.8. The molecule has 0 amide bonds. The standard InChI is InChI=1S/C5H8O8S/c6-2(1-14(11,12)13)3(4(7)8)5(9)10/h2-3,6H,1H2,(H,7,8)(H,9,10)(H,11,12,13). The van der Waals surface area contributed by atoms with E-state index < -0.39 is 39.8 Å². The number of aliphatic hydroxyl groups excluding tert-OH is 1. The summed E-state index contributed by atoms with van der Waals surface area (Å²) < 4.78 is 28.6. The summed E-state index contributed by atoms with van der Waals surface area (Å²) in [5, 5.41) is 25.5. The molecule has 0 aromatic rings. The molecule has 0 heterocycles. The van der Waals surface area contributed by atoms with Crippen molar-refractivity contribution in [1.82, 2.24) is 0 Å². The van der Waals surface area contributed by atoms with E-state index in [-0.39, 0.29) is 0 Å². The summed E-state index contributed by atoms with van der Waals surface area (Å²) in [5.41, 5.74) is 0. The molecule has 14 heavy (non-hydrogen) atoms. The molecule has 0 spiro atoms. The third-order valence-electron chi connectivity index (χ3n) is 1.30. The van der Waals surface area contributed by atoms with Crippen LogP contribution < -0.4 is 0 Å². The zero-order chi connectivity index (χ0) is 11.5. The van der Waals surface area contributed by atoms with Crippen LogP contribution >= 0.6 is 0 Å². The number of rotatable bonds is 5. The highest BCUT2D eigenvalue weighted by Gasteiger charge is 2.36. The maximum Gasteiger partial charge on any atom is 0.320 e. The quantitative estimate of drug-likeness (QED) is 0.312. The molecule has 0 aromatic carbocycles. The fourth-order valence-corrected chi connectivity index (χ4v) is 1.37. The lowest BCUT2D eigenvalue weighted by Gasteiger charge is -2.12. The first-order chi connectivity index (χ1) is 6.15. The molecule has 0 rings (SSSR count). The van der Waals surface area contributed by atoms with Crippen LogP contribution in [0.15, 0.2) is 0 Å². The molecule has 0 radical (unpaired) electrons. The molecule has 0 saturated carbocycles. The highest BCUT2D eigenvalue weighted by atomic mass is 32.2. The molecule has 0 aliphatic rings. The van der Waals surface area contributed by atoms with E-state index in [1.54, 1.807) is 0 Å². The van der Waals surface area contributed by atoms with Crippen molar-refractivity contribution in [2.75, 3.05) is 5.75 Å². The third-order valence-corrected chi connectivity index (χ3v) is 2.06. The fourth-order valence-electron chi connectivity index (χ4n) is 0.747. The van der Waals surface area contributed by atoms with Crippen LogP contribution in [0.3, 0.4) is 0 Å². The molecule has 0 aromatic heterocycles. The summed E-state index contributed by atoms with van der Waals surface area (Å²) in [6, 6.07) is 0. The Morgan fingerprint density at radius 1 is 1.14 bits per heavy atom. The zero-order valence-corrected chi connectivity index (χ0v) is 7.51. The van der Waals surface area contributed by atoms with Crippen molar-refractivity contribution in [3.63, 3.8) is 0 Å². The molecule has 82 valence electrons. The number of hydrogen-bond acceptors (Lipinski definition) is 5. The largest absolute Gasteiger partial charge is 0.481 e. The lowest BCUT2D eigenvalue weighted by Crippen LogP contribution is -2.39. The van der Waals surface area contributed by atoms with Gasteiger partial charge in [-0.05, 0) is 0 Å². The predicted octanol–water partition coefficient (Wildman–Crippen LogP) is -1.98. The third kappa shape index (κ3) is 4.16. The van der Waals surface area contributed by atoms with Crippen LogP contribution in [0.1, 0.15) is 0 Å². The zero-order valence-electron chi connectivity index (χ0n) is 6.69. The minimum absolute atomic E-state index is 1.34. The molecular formula is C5H8O8S. The van der Waals surface area contributed by atoms with Gasteiger partial charge in [0.1, 0.15) is 5.75 Å². The molecule has 1 unspecified atom stereocenters. The fraction of sp³-hybridized carbons (Fsp3) is 0.600. The highest BCUT2D eigenvalue weighted by Crippen LogP contribution is 2.07. The second kappa shape index (κ2) is 4.35. The Morgan fingerprint density at radius 3 is 1.71 bits per heavy atom. The van der Waals surface area contributed by atoms with Gasteiger partial charge in [0.15, 0.2) is 5.92 Å². The summed E-state index contributed by atoms with van der Waals surface area (Å²) in [6.45, 7) is 0. The number of carboxylic acids is 2. The minimum atomic E-state index is -4.61. The van der Waals surface area contributed by atoms with Crippen molar-refractivity contribution in [2.24, 2.45) is 5.92 Å². The van der Waals surface area contributed by atoms with E-state index in [2.05, 4.69) is 0 Å². The number of carboxylic acid groups (broad SMARTS) is 2. The van der Waals surface area contributed by atoms with Crippen molar-refractivity contribution >= 4 is 22.1 Å². The van der Waals surface area contributed by atoms with Gasteiger partial charge in [0, 0.05) is 0 Å². The summed E-state index contributed by atoms with van der Waals surface area (Å²) in [4.78, 5) is 20.5. The van der Waals surface area contributed by atoms with Crippen LogP contribution in [-0.4, -0.2) is 52.1 Å². The van der Waals surface area contributed by atoms with Gasteiger partial charge in [0.2, 0.25) is 0 Å². The first-order valence-electron chi connectivity index (χ1n) is 3.24. The van der Waals surface area contributed by atoms with Gasteiger partial charge in [0.25, 0.3) is 10.1 Å². The molecule has 8 nitrogen and oxygen atoms in total. The van der Waals surface area contributed by atoms with Gasteiger partial charge < -0.3 is 15.3 Å². The molecule has 0 aliphatic carbocycles. The Morgan fingerprint density at radius 2 is 1.50 bits per heavy atom. The van der Waals surface area contributed by atoms with E-state index in [4.69, 9.17) is 19.9 Å². The molecule has 0 saturated heterocycles. The van der Waals surface area contributed by atoms with Gasteiger partial charge in [-0.1, -0.05) is 0 Å². The van der Waals surface area contributed by atoms with Crippen LogP contribution in [-0.2, 0) is 19.7 Å². The summed E-state index contributed by atoms with van der Waals surface area (Å²) in [7, 11) is -4.61. The Labute approximate surface area is 78.5 Å². The number of aliphatic carboxylic acids is 2. The van der Waals surface area contributed by atoms with Gasteiger partial charge in [-0.25, -0.2) is 0 Å². The molecular weight excluding hydrogens is 220 g/mol. The van der Waals surface area contributed by atoms with Crippen LogP contribution in [0.5, 0.6) is 0 Å². The van der Waals surface area contributed by atoms with E-state index in [1.165, 1.54) is 0 Å². The van der Waals surface area contributed by atoms with Crippen molar-refractivity contribution in [3.05, 3.63) is 0 Å². The summed E-state index contributed by atoms with van der Waals surface area (Å²) in [5.74, 6) is -7.38. The second-order valence-corrected chi connectivity index (χ2v) is 3.97. The van der Waals surface area contributed by atoms with Gasteiger partial charge in [-0.2, -0.15) is 8.42 Å². The van der Waals surface area contributed by atoms with Crippen LogP contribution in [0.25, 0.3) is 0 Å². The Hall–Kier alpha value is -1.19. The number of carbonyl (C=O) groups is 2. The first-order valence-corrected chi connectivity index (χ1v) is 4.85. The van der Waals surface area contributed by atoms with Gasteiger partial charge in [0.05, 0.1) is 6.10 Å². The molecule has 4 N–H and O–H groups in total. The predicted molar refractivity (Wildman–Crippen MR) is 41.2 cm³/mol. The molecule has 0 fully saturated rings. The SMILES string of the molecule is O=C(O)C(C(=O)O)C(O)CS(=O)(=O)O. The average molecular weight is 228 g/mol. The van der Waals surface area contributed by atoms with E-state index in [1.807, 2.05) is 0 Å². The van der Waals surface area contributed by atoms with Crippen molar-refractivity contribution in [3.8, 4) is 0 Å². The van der Waals surface area contributed by atoms with E-state index in [0.717, 1.165) is 0 Å². The maximum absolute atomic E-state index is 10.3. The number of hydrogen-bond donors (Lipinski definition) is 4. The summed E-state index contributed by atoms with van der Waals surface area (Å²) >= 11 is 0. The molecule has 0 aliphatic heterocycles. The highest BCUT2D eigenvalue weighted by molar-refractivity contribution is 7.85. The smallest absolute Gasteiger partial charge is 0.320 e. The Bertz CT molecular complexity index is 316. The van der Waals surface area contributed by atoms with E-state index >= 15 is 0 Å². The Kier molecular flexibility index (Phi) is 3.98. The minimum Gasteiger partial charge on any atom is -0.481 e. The lowest BCUT2D eigenvalue weighted by molar-refractivity contribution is -0.159.